The molecule has 0 heterocycles. The van der Waals surface area contributed by atoms with Crippen molar-refractivity contribution in [2.45, 2.75) is 26.3 Å². The lowest BCUT2D eigenvalue weighted by molar-refractivity contribution is 0.252. The van der Waals surface area contributed by atoms with Crippen LogP contribution in [0.4, 0.5) is 4.39 Å². The lowest BCUT2D eigenvalue weighted by atomic mass is 10.2. The number of nitrogens with one attached hydrogen (secondary N) is 1. The van der Waals surface area contributed by atoms with Crippen LogP contribution in [0.5, 0.6) is 5.75 Å². The van der Waals surface area contributed by atoms with Gasteiger partial charge in [-0.3, -0.25) is 0 Å². The Labute approximate surface area is 90.4 Å². The largest absolute Gasteiger partial charge is 0.489 e. The minimum absolute atomic E-state index is 0.287. The van der Waals surface area contributed by atoms with Crippen molar-refractivity contribution in [1.82, 2.24) is 5.32 Å². The first-order chi connectivity index (χ1) is 7.27. The Kier molecular flexibility index (Phi) is 5.12. The summed E-state index contributed by atoms with van der Waals surface area (Å²) >= 11 is 0. The average molecular weight is 211 g/mol. The van der Waals surface area contributed by atoms with E-state index in [0.29, 0.717) is 12.4 Å². The van der Waals surface area contributed by atoms with E-state index in [4.69, 9.17) is 4.74 Å². The molecule has 0 fully saturated rings. The van der Waals surface area contributed by atoms with Crippen LogP contribution in [0.15, 0.2) is 24.3 Å². The average Bonchev–Trinajstić information content (AvgIpc) is 2.26. The minimum Gasteiger partial charge on any atom is -0.489 e. The van der Waals surface area contributed by atoms with Gasteiger partial charge in [0.1, 0.15) is 6.61 Å². The van der Waals surface area contributed by atoms with E-state index >= 15 is 0 Å². The number of benzene rings is 1. The Morgan fingerprint density at radius 3 is 2.67 bits per heavy atom. The molecule has 0 aromatic heterocycles. The summed E-state index contributed by atoms with van der Waals surface area (Å²) in [5, 5.41) is 3.27. The molecule has 0 bridgehead atoms. The Morgan fingerprint density at radius 2 is 2.07 bits per heavy atom. The number of rotatable bonds is 6. The zero-order valence-corrected chi connectivity index (χ0v) is 9.29. The number of hydrogen-bond donors (Lipinski definition) is 1. The smallest absolute Gasteiger partial charge is 0.165 e. The summed E-state index contributed by atoms with van der Waals surface area (Å²) in [7, 11) is 0. The normalized spacial score (nSPS) is 12.5. The van der Waals surface area contributed by atoms with Crippen LogP contribution in [-0.4, -0.2) is 19.2 Å². The molecule has 0 saturated heterocycles. The van der Waals surface area contributed by atoms with E-state index in [1.807, 2.05) is 6.92 Å². The van der Waals surface area contributed by atoms with Gasteiger partial charge in [-0.1, -0.05) is 26.0 Å². The van der Waals surface area contributed by atoms with Crippen molar-refractivity contribution in [3.63, 3.8) is 0 Å². The van der Waals surface area contributed by atoms with Gasteiger partial charge in [0.25, 0.3) is 0 Å². The number of likely N-dealkylation sites (N-methyl/N-ethyl adjacent to an activating group) is 1. The molecule has 1 N–H and O–H groups in total. The van der Waals surface area contributed by atoms with Crippen molar-refractivity contribution in [3.8, 4) is 5.75 Å². The second-order valence-corrected chi connectivity index (χ2v) is 3.40. The highest BCUT2D eigenvalue weighted by molar-refractivity contribution is 5.23. The number of para-hydroxylation sites is 1. The molecule has 84 valence electrons. The fourth-order valence-electron chi connectivity index (χ4n) is 1.36. The van der Waals surface area contributed by atoms with Crippen LogP contribution in [-0.2, 0) is 0 Å². The molecule has 2 nitrogen and oxygen atoms in total. The quantitative estimate of drug-likeness (QED) is 0.781. The molecule has 0 amide bonds. The highest BCUT2D eigenvalue weighted by Gasteiger charge is 2.07. The molecule has 1 rings (SSSR count). The van der Waals surface area contributed by atoms with Crippen LogP contribution in [0.3, 0.4) is 0 Å². The third kappa shape index (κ3) is 3.88. The van der Waals surface area contributed by atoms with Gasteiger partial charge in [-0.05, 0) is 25.1 Å². The van der Waals surface area contributed by atoms with Gasteiger partial charge in [0.2, 0.25) is 0 Å². The zero-order chi connectivity index (χ0) is 11.1. The summed E-state index contributed by atoms with van der Waals surface area (Å²) in [5.41, 5.74) is 0. The maximum absolute atomic E-state index is 13.2. The predicted octanol–water partition coefficient (Wildman–Crippen LogP) is 2.59. The van der Waals surface area contributed by atoms with Crippen molar-refractivity contribution in [3.05, 3.63) is 30.1 Å². The van der Waals surface area contributed by atoms with Crippen LogP contribution in [0.2, 0.25) is 0 Å². The molecule has 3 heteroatoms. The van der Waals surface area contributed by atoms with Crippen LogP contribution >= 0.6 is 0 Å². The maximum atomic E-state index is 13.2. The summed E-state index contributed by atoms with van der Waals surface area (Å²) in [6, 6.07) is 6.77. The molecule has 0 aliphatic carbocycles. The highest BCUT2D eigenvalue weighted by Crippen LogP contribution is 2.15. The predicted molar refractivity (Wildman–Crippen MR) is 59.7 cm³/mol. The fraction of sp³-hybridized carbons (Fsp3) is 0.500. The Hall–Kier alpha value is -1.09. The molecule has 1 atom stereocenters. The molecule has 1 aromatic rings. The first kappa shape index (κ1) is 12.0. The summed E-state index contributed by atoms with van der Waals surface area (Å²) in [6.45, 7) is 5.54. The van der Waals surface area contributed by atoms with Crippen molar-refractivity contribution in [2.75, 3.05) is 13.2 Å². The number of ether oxygens (including phenoxy) is 1. The third-order valence-corrected chi connectivity index (χ3v) is 2.26. The molecule has 1 unspecified atom stereocenters. The molecule has 0 saturated carbocycles. The second-order valence-electron chi connectivity index (χ2n) is 3.40. The first-order valence-corrected chi connectivity index (χ1v) is 5.38. The summed E-state index contributed by atoms with van der Waals surface area (Å²) in [4.78, 5) is 0. The maximum Gasteiger partial charge on any atom is 0.165 e. The van der Waals surface area contributed by atoms with Gasteiger partial charge in [-0.2, -0.15) is 0 Å². The summed E-state index contributed by atoms with van der Waals surface area (Å²) in [6.07, 6.45) is 0.974. The van der Waals surface area contributed by atoms with E-state index in [2.05, 4.69) is 12.2 Å². The minimum atomic E-state index is -0.302. The number of hydrogen-bond acceptors (Lipinski definition) is 2. The van der Waals surface area contributed by atoms with Crippen LogP contribution < -0.4 is 10.1 Å². The van der Waals surface area contributed by atoms with Gasteiger partial charge < -0.3 is 10.1 Å². The molecular weight excluding hydrogens is 193 g/mol. The van der Waals surface area contributed by atoms with E-state index in [1.165, 1.54) is 6.07 Å². The van der Waals surface area contributed by atoms with E-state index in [9.17, 15) is 4.39 Å². The second kappa shape index (κ2) is 6.40. The summed E-state index contributed by atoms with van der Waals surface area (Å²) in [5.74, 6) is 0.0257. The van der Waals surface area contributed by atoms with Gasteiger partial charge in [0, 0.05) is 6.04 Å². The number of halogens is 1. The summed E-state index contributed by atoms with van der Waals surface area (Å²) < 4.78 is 18.6. The molecule has 15 heavy (non-hydrogen) atoms. The van der Waals surface area contributed by atoms with E-state index in [-0.39, 0.29) is 11.9 Å². The van der Waals surface area contributed by atoms with Crippen LogP contribution in [0.1, 0.15) is 20.3 Å². The van der Waals surface area contributed by atoms with Crippen molar-refractivity contribution < 1.29 is 9.13 Å². The molecule has 0 aliphatic heterocycles. The van der Waals surface area contributed by atoms with Crippen molar-refractivity contribution in [2.24, 2.45) is 0 Å². The van der Waals surface area contributed by atoms with Crippen LogP contribution in [0.25, 0.3) is 0 Å². The Morgan fingerprint density at radius 1 is 1.33 bits per heavy atom. The monoisotopic (exact) mass is 211 g/mol. The van der Waals surface area contributed by atoms with E-state index < -0.39 is 0 Å². The lowest BCUT2D eigenvalue weighted by Gasteiger charge is -2.16. The van der Waals surface area contributed by atoms with E-state index in [0.717, 1.165) is 13.0 Å². The van der Waals surface area contributed by atoms with Gasteiger partial charge >= 0.3 is 0 Å². The molecule has 0 radical (unpaired) electrons. The van der Waals surface area contributed by atoms with Crippen molar-refractivity contribution >= 4 is 0 Å². The Bertz CT molecular complexity index is 291. The van der Waals surface area contributed by atoms with Gasteiger partial charge in [-0.25, -0.2) is 4.39 Å². The molecule has 0 spiro atoms. The molecule has 0 aliphatic rings. The van der Waals surface area contributed by atoms with E-state index in [1.54, 1.807) is 18.2 Å². The van der Waals surface area contributed by atoms with Gasteiger partial charge in [0.15, 0.2) is 11.6 Å². The van der Waals surface area contributed by atoms with Crippen LogP contribution in [0, 0.1) is 5.82 Å². The standard InChI is InChI=1S/C12H18FNO/c1-3-10(14-4-2)9-15-12-8-6-5-7-11(12)13/h5-8,10,14H,3-4,9H2,1-2H3. The molecule has 1 aromatic carbocycles. The SMILES string of the molecule is CCNC(CC)COc1ccccc1F. The highest BCUT2D eigenvalue weighted by atomic mass is 19.1. The zero-order valence-electron chi connectivity index (χ0n) is 9.29. The fourth-order valence-corrected chi connectivity index (χ4v) is 1.36. The van der Waals surface area contributed by atoms with Gasteiger partial charge in [-0.15, -0.1) is 0 Å². The Balaban J connectivity index is 2.45. The van der Waals surface area contributed by atoms with Crippen molar-refractivity contribution in [1.29, 1.82) is 0 Å². The first-order valence-electron chi connectivity index (χ1n) is 5.38. The van der Waals surface area contributed by atoms with Gasteiger partial charge in [0.05, 0.1) is 0 Å². The topological polar surface area (TPSA) is 21.3 Å². The lowest BCUT2D eigenvalue weighted by Crippen LogP contribution is -2.33. The third-order valence-electron chi connectivity index (χ3n) is 2.26. The molecular formula is C12H18FNO.